The van der Waals surface area contributed by atoms with Crippen LogP contribution in [0.4, 0.5) is 5.69 Å². The zero-order chi connectivity index (χ0) is 17.3. The van der Waals surface area contributed by atoms with E-state index in [4.69, 9.17) is 4.42 Å². The highest BCUT2D eigenvalue weighted by atomic mass is 16.6. The summed E-state index contributed by atoms with van der Waals surface area (Å²) in [6, 6.07) is 5.27. The van der Waals surface area contributed by atoms with E-state index in [1.165, 1.54) is 48.5 Å². The van der Waals surface area contributed by atoms with Crippen LogP contribution in [0.25, 0.3) is 10.9 Å². The van der Waals surface area contributed by atoms with Crippen molar-refractivity contribution in [2.24, 2.45) is 0 Å². The molecule has 0 amide bonds. The SMILES string of the molecule is COC(=O)c1ccoc1Cn1cnc2cc([N+](=O)[O-])ccc2c1=O. The summed E-state index contributed by atoms with van der Waals surface area (Å²) in [5.74, 6) is -0.316. The predicted octanol–water partition coefficient (Wildman–Crippen LogP) is 1.73. The third-order valence-corrected chi connectivity index (χ3v) is 3.48. The number of nitro groups is 1. The number of aromatic nitrogens is 2. The van der Waals surface area contributed by atoms with Gasteiger partial charge in [0.05, 0.1) is 42.1 Å². The second-order valence-electron chi connectivity index (χ2n) is 4.89. The summed E-state index contributed by atoms with van der Waals surface area (Å²) in [4.78, 5) is 38.4. The predicted molar refractivity (Wildman–Crippen MR) is 81.8 cm³/mol. The van der Waals surface area contributed by atoms with Crippen molar-refractivity contribution >= 4 is 22.6 Å². The number of nitro benzene ring substituents is 1. The maximum atomic E-state index is 12.5. The number of carbonyl (C=O) groups excluding carboxylic acids is 1. The number of fused-ring (bicyclic) bond motifs is 1. The lowest BCUT2D eigenvalue weighted by Gasteiger charge is -2.06. The van der Waals surface area contributed by atoms with Crippen molar-refractivity contribution in [3.05, 3.63) is 68.6 Å². The molecule has 0 atom stereocenters. The van der Waals surface area contributed by atoms with Crippen molar-refractivity contribution in [3.8, 4) is 0 Å². The zero-order valence-electron chi connectivity index (χ0n) is 12.5. The molecule has 0 aliphatic rings. The van der Waals surface area contributed by atoms with Crippen molar-refractivity contribution in [2.45, 2.75) is 6.54 Å². The van der Waals surface area contributed by atoms with Gasteiger partial charge >= 0.3 is 5.97 Å². The molecule has 24 heavy (non-hydrogen) atoms. The third kappa shape index (κ3) is 2.62. The monoisotopic (exact) mass is 329 g/mol. The number of hydrogen-bond acceptors (Lipinski definition) is 7. The third-order valence-electron chi connectivity index (χ3n) is 3.48. The molecule has 3 rings (SSSR count). The molecule has 9 heteroatoms. The molecule has 0 unspecified atom stereocenters. The minimum Gasteiger partial charge on any atom is -0.467 e. The molecule has 0 aliphatic heterocycles. The van der Waals surface area contributed by atoms with Gasteiger partial charge in [-0.05, 0) is 12.1 Å². The van der Waals surface area contributed by atoms with Crippen LogP contribution in [0.5, 0.6) is 0 Å². The van der Waals surface area contributed by atoms with Crippen LogP contribution in [0.15, 0.2) is 46.1 Å². The quantitative estimate of drug-likeness (QED) is 0.406. The molecule has 0 saturated carbocycles. The van der Waals surface area contributed by atoms with E-state index < -0.39 is 16.5 Å². The maximum absolute atomic E-state index is 12.5. The van der Waals surface area contributed by atoms with Crippen LogP contribution in [0.1, 0.15) is 16.1 Å². The average Bonchev–Trinajstić information content (AvgIpc) is 3.04. The van der Waals surface area contributed by atoms with E-state index in [2.05, 4.69) is 9.72 Å². The van der Waals surface area contributed by atoms with Crippen LogP contribution in [0.2, 0.25) is 0 Å². The molecular formula is C15H11N3O6. The van der Waals surface area contributed by atoms with Gasteiger partial charge in [-0.3, -0.25) is 19.5 Å². The highest BCUT2D eigenvalue weighted by Gasteiger charge is 2.17. The highest BCUT2D eigenvalue weighted by Crippen LogP contribution is 2.17. The minimum absolute atomic E-state index is 0.0177. The summed E-state index contributed by atoms with van der Waals surface area (Å²) in [6.45, 7) is -0.0177. The number of methoxy groups -OCH3 is 1. The van der Waals surface area contributed by atoms with Crippen molar-refractivity contribution in [2.75, 3.05) is 7.11 Å². The molecule has 0 aliphatic carbocycles. The Morgan fingerprint density at radius 3 is 2.92 bits per heavy atom. The van der Waals surface area contributed by atoms with Gasteiger partial charge in [-0.25, -0.2) is 9.78 Å². The van der Waals surface area contributed by atoms with E-state index in [1.807, 2.05) is 0 Å². The first-order valence-electron chi connectivity index (χ1n) is 6.79. The van der Waals surface area contributed by atoms with Crippen molar-refractivity contribution in [1.29, 1.82) is 0 Å². The summed E-state index contributed by atoms with van der Waals surface area (Å²) < 4.78 is 11.1. The second kappa shape index (κ2) is 5.95. The summed E-state index contributed by atoms with van der Waals surface area (Å²) >= 11 is 0. The summed E-state index contributed by atoms with van der Waals surface area (Å²) in [5.41, 5.74) is -0.112. The zero-order valence-corrected chi connectivity index (χ0v) is 12.5. The molecule has 0 saturated heterocycles. The molecule has 0 fully saturated rings. The van der Waals surface area contributed by atoms with Gasteiger partial charge in [0, 0.05) is 12.1 Å². The Kier molecular flexibility index (Phi) is 3.82. The first-order chi connectivity index (χ1) is 11.5. The van der Waals surface area contributed by atoms with Crippen molar-refractivity contribution in [3.63, 3.8) is 0 Å². The van der Waals surface area contributed by atoms with E-state index in [0.717, 1.165) is 0 Å². The number of ether oxygens (including phenoxy) is 1. The molecular weight excluding hydrogens is 318 g/mol. The summed E-state index contributed by atoms with van der Waals surface area (Å²) in [7, 11) is 1.25. The van der Waals surface area contributed by atoms with Gasteiger partial charge in [0.25, 0.3) is 11.2 Å². The normalized spacial score (nSPS) is 10.7. The number of furan rings is 1. The Morgan fingerprint density at radius 2 is 2.21 bits per heavy atom. The van der Waals surface area contributed by atoms with Gasteiger partial charge in [-0.15, -0.1) is 0 Å². The molecule has 0 radical (unpaired) electrons. The fraction of sp³-hybridized carbons (Fsp3) is 0.133. The molecule has 2 heterocycles. The number of nitrogens with zero attached hydrogens (tertiary/aromatic N) is 3. The second-order valence-corrected chi connectivity index (χ2v) is 4.89. The first-order valence-corrected chi connectivity index (χ1v) is 6.79. The topological polar surface area (TPSA) is 117 Å². The molecule has 9 nitrogen and oxygen atoms in total. The van der Waals surface area contributed by atoms with E-state index in [1.54, 1.807) is 0 Å². The molecule has 0 bridgehead atoms. The Bertz CT molecular complexity index is 1000. The van der Waals surface area contributed by atoms with E-state index in [9.17, 15) is 19.7 Å². The fourth-order valence-electron chi connectivity index (χ4n) is 2.28. The van der Waals surface area contributed by atoms with Gasteiger partial charge in [0.15, 0.2) is 0 Å². The lowest BCUT2D eigenvalue weighted by Crippen LogP contribution is -2.22. The van der Waals surface area contributed by atoms with E-state index in [-0.39, 0.29) is 34.5 Å². The Labute approximate surface area is 134 Å². The number of benzene rings is 1. The van der Waals surface area contributed by atoms with E-state index in [0.29, 0.717) is 0 Å². The standard InChI is InChI=1S/C15H11N3O6/c1-23-15(20)11-4-5-24-13(11)7-17-8-16-12-6-9(18(21)22)2-3-10(12)14(17)19/h2-6,8H,7H2,1H3. The summed E-state index contributed by atoms with van der Waals surface area (Å²) in [6.07, 6.45) is 2.57. The Morgan fingerprint density at radius 1 is 1.42 bits per heavy atom. The lowest BCUT2D eigenvalue weighted by molar-refractivity contribution is -0.384. The number of rotatable bonds is 4. The van der Waals surface area contributed by atoms with Crippen molar-refractivity contribution < 1.29 is 18.9 Å². The molecule has 122 valence electrons. The van der Waals surface area contributed by atoms with Gasteiger partial charge in [-0.1, -0.05) is 0 Å². The van der Waals surface area contributed by atoms with Crippen LogP contribution < -0.4 is 5.56 Å². The first kappa shape index (κ1) is 15.4. The molecule has 0 spiro atoms. The molecule has 3 aromatic rings. The Balaban J connectivity index is 2.03. The Hall–Kier alpha value is -3.49. The van der Waals surface area contributed by atoms with Crippen molar-refractivity contribution in [1.82, 2.24) is 9.55 Å². The van der Waals surface area contributed by atoms with Gasteiger partial charge in [0.1, 0.15) is 11.3 Å². The fourth-order valence-corrected chi connectivity index (χ4v) is 2.28. The van der Waals surface area contributed by atoms with Crippen LogP contribution in [-0.2, 0) is 11.3 Å². The van der Waals surface area contributed by atoms with Gasteiger partial charge < -0.3 is 9.15 Å². The minimum atomic E-state index is -0.573. The number of esters is 1. The molecule has 0 N–H and O–H groups in total. The van der Waals surface area contributed by atoms with Crippen LogP contribution in [0, 0.1) is 10.1 Å². The van der Waals surface area contributed by atoms with E-state index >= 15 is 0 Å². The average molecular weight is 329 g/mol. The molecule has 2 aromatic heterocycles. The number of hydrogen-bond donors (Lipinski definition) is 0. The van der Waals surface area contributed by atoms with Crippen LogP contribution in [0.3, 0.4) is 0 Å². The van der Waals surface area contributed by atoms with Crippen LogP contribution >= 0.6 is 0 Å². The molecule has 1 aromatic carbocycles. The van der Waals surface area contributed by atoms with Gasteiger partial charge in [0.2, 0.25) is 0 Å². The lowest BCUT2D eigenvalue weighted by atomic mass is 10.2. The summed E-state index contributed by atoms with van der Waals surface area (Å²) in [5, 5.41) is 11.0. The number of non-ortho nitro benzene ring substituents is 1. The van der Waals surface area contributed by atoms with Crippen LogP contribution in [-0.4, -0.2) is 27.6 Å². The highest BCUT2D eigenvalue weighted by molar-refractivity contribution is 5.90. The van der Waals surface area contributed by atoms with Gasteiger partial charge in [-0.2, -0.15) is 0 Å². The smallest absolute Gasteiger partial charge is 0.341 e. The number of carbonyl (C=O) groups is 1. The maximum Gasteiger partial charge on any atom is 0.341 e. The largest absolute Gasteiger partial charge is 0.467 e.